The predicted octanol–water partition coefficient (Wildman–Crippen LogP) is -0.362. The van der Waals surface area contributed by atoms with E-state index in [1.165, 1.54) is 0 Å². The van der Waals surface area contributed by atoms with E-state index in [4.69, 9.17) is 11.0 Å². The average Bonchev–Trinajstić information content (AvgIpc) is 1.90. The van der Waals surface area contributed by atoms with E-state index in [-0.39, 0.29) is 0 Å². The van der Waals surface area contributed by atoms with Crippen LogP contribution in [0.25, 0.3) is 0 Å². The van der Waals surface area contributed by atoms with E-state index in [9.17, 15) is 0 Å². The number of nitrogens with zero attached hydrogens (tertiary/aromatic N) is 2. The zero-order chi connectivity index (χ0) is 7.82. The number of nitriles is 1. The van der Waals surface area contributed by atoms with Crippen LogP contribution in [-0.2, 0) is 0 Å². The SMILES string of the molecule is CCNC([CH]CN)=NC#N. The highest BCUT2D eigenvalue weighted by molar-refractivity contribution is 5.91. The van der Waals surface area contributed by atoms with Crippen molar-refractivity contribution in [2.75, 3.05) is 13.1 Å². The minimum absolute atomic E-state index is 0.396. The second-order valence-corrected chi connectivity index (χ2v) is 1.57. The smallest absolute Gasteiger partial charge is 0.207 e. The van der Waals surface area contributed by atoms with Crippen molar-refractivity contribution in [2.24, 2.45) is 10.7 Å². The summed E-state index contributed by atoms with van der Waals surface area (Å²) in [5.74, 6) is 0.549. The highest BCUT2D eigenvalue weighted by Crippen LogP contribution is 1.77. The molecule has 0 aliphatic heterocycles. The lowest BCUT2D eigenvalue weighted by atomic mass is 10.4. The van der Waals surface area contributed by atoms with Crippen molar-refractivity contribution in [3.63, 3.8) is 0 Å². The summed E-state index contributed by atoms with van der Waals surface area (Å²) in [6, 6.07) is 0. The molecule has 0 aliphatic rings. The van der Waals surface area contributed by atoms with E-state index < -0.39 is 0 Å². The third-order valence-corrected chi connectivity index (χ3v) is 0.840. The van der Waals surface area contributed by atoms with Crippen LogP contribution in [-0.4, -0.2) is 18.9 Å². The van der Waals surface area contributed by atoms with Gasteiger partial charge in [-0.25, -0.2) is 0 Å². The van der Waals surface area contributed by atoms with Gasteiger partial charge in [-0.15, -0.1) is 0 Å². The molecule has 4 heteroatoms. The Bertz CT molecular complexity index is 136. The van der Waals surface area contributed by atoms with Crippen LogP contribution in [0.1, 0.15) is 6.92 Å². The van der Waals surface area contributed by atoms with Crippen LogP contribution in [0, 0.1) is 17.9 Å². The highest BCUT2D eigenvalue weighted by Gasteiger charge is 1.93. The zero-order valence-electron chi connectivity index (χ0n) is 5.96. The molecular formula is C6H11N4. The quantitative estimate of drug-likeness (QED) is 0.318. The van der Waals surface area contributed by atoms with Gasteiger partial charge in [-0.3, -0.25) is 0 Å². The van der Waals surface area contributed by atoms with Gasteiger partial charge in [0, 0.05) is 19.5 Å². The van der Waals surface area contributed by atoms with Crippen molar-refractivity contribution >= 4 is 5.84 Å². The van der Waals surface area contributed by atoms with Gasteiger partial charge >= 0.3 is 0 Å². The van der Waals surface area contributed by atoms with Crippen LogP contribution in [0.3, 0.4) is 0 Å². The number of hydrogen-bond acceptors (Lipinski definition) is 3. The monoisotopic (exact) mass is 139 g/mol. The lowest BCUT2D eigenvalue weighted by Gasteiger charge is -2.01. The summed E-state index contributed by atoms with van der Waals surface area (Å²) in [5, 5.41) is 11.0. The number of nitrogens with two attached hydrogens (primary N) is 1. The van der Waals surface area contributed by atoms with Gasteiger partial charge in [-0.2, -0.15) is 10.3 Å². The predicted molar refractivity (Wildman–Crippen MR) is 40.1 cm³/mol. The number of amidine groups is 1. The molecule has 0 aliphatic carbocycles. The summed E-state index contributed by atoms with van der Waals surface area (Å²) in [6.45, 7) is 3.07. The van der Waals surface area contributed by atoms with E-state index in [0.717, 1.165) is 6.54 Å². The fraction of sp³-hybridized carbons (Fsp3) is 0.500. The van der Waals surface area contributed by atoms with E-state index in [1.54, 1.807) is 12.6 Å². The Kier molecular flexibility index (Phi) is 5.39. The summed E-state index contributed by atoms with van der Waals surface area (Å²) in [6.07, 6.45) is 3.34. The molecule has 0 spiro atoms. The van der Waals surface area contributed by atoms with Crippen molar-refractivity contribution in [1.82, 2.24) is 5.32 Å². The molecule has 0 aromatic heterocycles. The van der Waals surface area contributed by atoms with Crippen LogP contribution >= 0.6 is 0 Å². The Morgan fingerprint density at radius 1 is 1.90 bits per heavy atom. The first kappa shape index (κ1) is 8.92. The van der Waals surface area contributed by atoms with Gasteiger partial charge < -0.3 is 11.1 Å². The molecule has 0 unspecified atom stereocenters. The maximum Gasteiger partial charge on any atom is 0.207 e. The molecule has 0 fully saturated rings. The minimum Gasteiger partial charge on any atom is -0.373 e. The van der Waals surface area contributed by atoms with Crippen molar-refractivity contribution in [2.45, 2.75) is 6.92 Å². The van der Waals surface area contributed by atoms with Crippen LogP contribution in [0.4, 0.5) is 0 Å². The maximum absolute atomic E-state index is 8.15. The molecule has 0 amide bonds. The maximum atomic E-state index is 8.15. The molecule has 0 atom stereocenters. The molecule has 0 heterocycles. The number of hydrogen-bond donors (Lipinski definition) is 2. The normalized spacial score (nSPS) is 10.7. The highest BCUT2D eigenvalue weighted by atomic mass is 15.0. The van der Waals surface area contributed by atoms with Gasteiger partial charge in [0.05, 0.1) is 0 Å². The molecule has 0 aromatic rings. The first-order valence-electron chi connectivity index (χ1n) is 3.09. The fourth-order valence-electron chi connectivity index (χ4n) is 0.504. The summed E-state index contributed by atoms with van der Waals surface area (Å²) >= 11 is 0. The molecule has 0 saturated heterocycles. The number of rotatable bonds is 3. The summed E-state index contributed by atoms with van der Waals surface area (Å²) in [7, 11) is 0. The molecule has 10 heavy (non-hydrogen) atoms. The van der Waals surface area contributed by atoms with Crippen molar-refractivity contribution in [1.29, 1.82) is 5.26 Å². The van der Waals surface area contributed by atoms with E-state index in [0.29, 0.717) is 12.4 Å². The van der Waals surface area contributed by atoms with E-state index >= 15 is 0 Å². The third kappa shape index (κ3) is 3.87. The van der Waals surface area contributed by atoms with Crippen molar-refractivity contribution in [3.05, 3.63) is 6.42 Å². The first-order valence-corrected chi connectivity index (χ1v) is 3.09. The Morgan fingerprint density at radius 3 is 3.00 bits per heavy atom. The summed E-state index contributed by atoms with van der Waals surface area (Å²) in [5.41, 5.74) is 5.20. The average molecular weight is 139 g/mol. The standard InChI is InChI=1S/C6H11N4/c1-2-9-6(3-4-7)10-5-8/h3H,2,4,7H2,1H3,(H,9,10). The van der Waals surface area contributed by atoms with Gasteiger partial charge in [0.1, 0.15) is 5.84 Å². The zero-order valence-corrected chi connectivity index (χ0v) is 5.96. The molecule has 0 bridgehead atoms. The summed E-state index contributed by atoms with van der Waals surface area (Å²) in [4.78, 5) is 3.48. The molecular weight excluding hydrogens is 128 g/mol. The lowest BCUT2D eigenvalue weighted by molar-refractivity contribution is 0.954. The molecule has 4 nitrogen and oxygen atoms in total. The largest absolute Gasteiger partial charge is 0.373 e. The molecule has 3 N–H and O–H groups in total. The van der Waals surface area contributed by atoms with Gasteiger partial charge in [-0.05, 0) is 6.92 Å². The van der Waals surface area contributed by atoms with Crippen LogP contribution in [0.2, 0.25) is 0 Å². The second kappa shape index (κ2) is 6.05. The Balaban J connectivity index is 3.75. The van der Waals surface area contributed by atoms with Gasteiger partial charge in [0.2, 0.25) is 6.19 Å². The lowest BCUT2D eigenvalue weighted by Crippen LogP contribution is -2.25. The number of aliphatic imine (C=N–C) groups is 1. The fourth-order valence-corrected chi connectivity index (χ4v) is 0.504. The summed E-state index contributed by atoms with van der Waals surface area (Å²) < 4.78 is 0. The Morgan fingerprint density at radius 2 is 2.60 bits per heavy atom. The molecule has 1 radical (unpaired) electrons. The minimum atomic E-state index is 0.396. The Labute approximate surface area is 60.7 Å². The van der Waals surface area contributed by atoms with Crippen LogP contribution < -0.4 is 11.1 Å². The van der Waals surface area contributed by atoms with E-state index in [2.05, 4.69) is 10.3 Å². The second-order valence-electron chi connectivity index (χ2n) is 1.57. The van der Waals surface area contributed by atoms with Gasteiger partial charge in [0.25, 0.3) is 0 Å². The molecule has 0 rings (SSSR count). The van der Waals surface area contributed by atoms with Crippen molar-refractivity contribution < 1.29 is 0 Å². The first-order chi connectivity index (χ1) is 4.85. The topological polar surface area (TPSA) is 74.2 Å². The molecule has 0 aromatic carbocycles. The molecule has 55 valence electrons. The van der Waals surface area contributed by atoms with Crippen LogP contribution in [0.5, 0.6) is 0 Å². The Hall–Kier alpha value is -1.08. The molecule has 0 saturated carbocycles. The third-order valence-electron chi connectivity index (χ3n) is 0.840. The van der Waals surface area contributed by atoms with Crippen molar-refractivity contribution in [3.8, 4) is 6.19 Å². The van der Waals surface area contributed by atoms with Gasteiger partial charge in [0.15, 0.2) is 0 Å². The van der Waals surface area contributed by atoms with Crippen LogP contribution in [0.15, 0.2) is 4.99 Å². The van der Waals surface area contributed by atoms with E-state index in [1.807, 2.05) is 6.92 Å². The van der Waals surface area contributed by atoms with Gasteiger partial charge in [-0.1, -0.05) is 0 Å². The number of nitrogens with one attached hydrogen (secondary N) is 1.